The maximum atomic E-state index is 12.0. The third-order valence-electron chi connectivity index (χ3n) is 2.21. The highest BCUT2D eigenvalue weighted by molar-refractivity contribution is 5.87. The standard InChI is InChI=1S/C10H10F3N3O/c1-16-8-3-2-6(14)4-7(8)9(15-16)17-5-10(11,12)13/h2-4H,5,14H2,1H3. The number of fused-ring (bicyclic) bond motifs is 1. The van der Waals surface area contributed by atoms with Crippen LogP contribution in [0.5, 0.6) is 5.88 Å². The van der Waals surface area contributed by atoms with Crippen LogP contribution < -0.4 is 10.5 Å². The van der Waals surface area contributed by atoms with Crippen molar-refractivity contribution in [1.82, 2.24) is 9.78 Å². The molecule has 17 heavy (non-hydrogen) atoms. The molecule has 0 radical (unpaired) electrons. The van der Waals surface area contributed by atoms with Crippen LogP contribution in [-0.4, -0.2) is 22.6 Å². The van der Waals surface area contributed by atoms with Crippen molar-refractivity contribution in [1.29, 1.82) is 0 Å². The highest BCUT2D eigenvalue weighted by Crippen LogP contribution is 2.27. The summed E-state index contributed by atoms with van der Waals surface area (Å²) in [6.07, 6.45) is -4.38. The molecule has 2 N–H and O–H groups in total. The maximum absolute atomic E-state index is 12.0. The first-order valence-electron chi connectivity index (χ1n) is 4.78. The molecule has 0 atom stereocenters. The molecule has 0 spiro atoms. The first-order chi connectivity index (χ1) is 7.87. The molecule has 2 rings (SSSR count). The number of hydrogen-bond donors (Lipinski definition) is 1. The molecular weight excluding hydrogens is 235 g/mol. The quantitative estimate of drug-likeness (QED) is 0.824. The number of rotatable bonds is 2. The molecule has 0 saturated carbocycles. The minimum Gasteiger partial charge on any atom is -0.467 e. The van der Waals surface area contributed by atoms with E-state index in [1.54, 1.807) is 19.2 Å². The predicted octanol–water partition coefficient (Wildman–Crippen LogP) is 2.10. The van der Waals surface area contributed by atoms with Crippen molar-refractivity contribution in [3.63, 3.8) is 0 Å². The molecule has 7 heteroatoms. The van der Waals surface area contributed by atoms with Crippen LogP contribution in [-0.2, 0) is 7.05 Å². The lowest BCUT2D eigenvalue weighted by molar-refractivity contribution is -0.153. The summed E-state index contributed by atoms with van der Waals surface area (Å²) in [5.74, 6) is -0.0628. The largest absolute Gasteiger partial charge is 0.467 e. The SMILES string of the molecule is Cn1nc(OCC(F)(F)F)c2cc(N)ccc21. The van der Waals surface area contributed by atoms with E-state index in [9.17, 15) is 13.2 Å². The van der Waals surface area contributed by atoms with Crippen molar-refractivity contribution in [2.75, 3.05) is 12.3 Å². The second-order valence-electron chi connectivity index (χ2n) is 3.61. The Morgan fingerprint density at radius 2 is 2.12 bits per heavy atom. The number of benzene rings is 1. The Bertz CT molecular complexity index is 547. The summed E-state index contributed by atoms with van der Waals surface area (Å²) in [4.78, 5) is 0. The van der Waals surface area contributed by atoms with Crippen LogP contribution in [0.15, 0.2) is 18.2 Å². The predicted molar refractivity (Wildman–Crippen MR) is 56.7 cm³/mol. The summed E-state index contributed by atoms with van der Waals surface area (Å²) >= 11 is 0. The van der Waals surface area contributed by atoms with Crippen LogP contribution in [0.3, 0.4) is 0 Å². The molecule has 92 valence electrons. The van der Waals surface area contributed by atoms with Crippen molar-refractivity contribution in [3.8, 4) is 5.88 Å². The highest BCUT2D eigenvalue weighted by atomic mass is 19.4. The van der Waals surface area contributed by atoms with Crippen molar-refractivity contribution >= 4 is 16.6 Å². The van der Waals surface area contributed by atoms with E-state index in [1.165, 1.54) is 10.7 Å². The smallest absolute Gasteiger partial charge is 0.422 e. The number of halogens is 3. The van der Waals surface area contributed by atoms with Gasteiger partial charge in [-0.1, -0.05) is 0 Å². The van der Waals surface area contributed by atoms with Gasteiger partial charge in [-0.3, -0.25) is 4.68 Å². The van der Waals surface area contributed by atoms with E-state index in [0.29, 0.717) is 16.6 Å². The molecular formula is C10H10F3N3O. The number of nitrogens with zero attached hydrogens (tertiary/aromatic N) is 2. The van der Waals surface area contributed by atoms with Crippen LogP contribution in [0.4, 0.5) is 18.9 Å². The molecule has 1 aromatic carbocycles. The number of aromatic nitrogens is 2. The number of anilines is 1. The Labute approximate surface area is 94.8 Å². The van der Waals surface area contributed by atoms with E-state index >= 15 is 0 Å². The number of ether oxygens (including phenoxy) is 1. The molecule has 1 aromatic heterocycles. The summed E-state index contributed by atoms with van der Waals surface area (Å²) in [5.41, 5.74) is 6.68. The zero-order chi connectivity index (χ0) is 12.6. The first kappa shape index (κ1) is 11.6. The molecule has 0 aliphatic heterocycles. The van der Waals surface area contributed by atoms with E-state index in [4.69, 9.17) is 5.73 Å². The second kappa shape index (κ2) is 3.83. The lowest BCUT2D eigenvalue weighted by Gasteiger charge is -2.06. The van der Waals surface area contributed by atoms with Crippen molar-refractivity contribution in [2.45, 2.75) is 6.18 Å². The van der Waals surface area contributed by atoms with Gasteiger partial charge in [0, 0.05) is 12.7 Å². The molecule has 0 amide bonds. The van der Waals surface area contributed by atoms with Gasteiger partial charge in [-0.25, -0.2) is 0 Å². The lowest BCUT2D eigenvalue weighted by atomic mass is 10.2. The van der Waals surface area contributed by atoms with Crippen molar-refractivity contribution in [3.05, 3.63) is 18.2 Å². The van der Waals surface area contributed by atoms with Gasteiger partial charge in [0.15, 0.2) is 6.61 Å². The van der Waals surface area contributed by atoms with Crippen LogP contribution in [0.25, 0.3) is 10.9 Å². The zero-order valence-electron chi connectivity index (χ0n) is 8.95. The van der Waals surface area contributed by atoms with Gasteiger partial charge in [-0.2, -0.15) is 13.2 Å². The van der Waals surface area contributed by atoms with E-state index in [-0.39, 0.29) is 5.88 Å². The number of aryl methyl sites for hydroxylation is 1. The normalized spacial score (nSPS) is 12.0. The van der Waals surface area contributed by atoms with Gasteiger partial charge in [-0.15, -0.1) is 5.10 Å². The highest BCUT2D eigenvalue weighted by Gasteiger charge is 2.29. The molecule has 0 saturated heterocycles. The number of alkyl halides is 3. The van der Waals surface area contributed by atoms with E-state index < -0.39 is 12.8 Å². The average Bonchev–Trinajstić information content (AvgIpc) is 2.51. The second-order valence-corrected chi connectivity index (χ2v) is 3.61. The number of nitrogen functional groups attached to an aromatic ring is 1. The third kappa shape index (κ3) is 2.43. The summed E-state index contributed by atoms with van der Waals surface area (Å²) in [7, 11) is 1.62. The van der Waals surface area contributed by atoms with E-state index in [2.05, 4.69) is 9.84 Å². The van der Waals surface area contributed by atoms with Crippen molar-refractivity contribution in [2.24, 2.45) is 7.05 Å². The molecule has 0 bridgehead atoms. The fourth-order valence-corrected chi connectivity index (χ4v) is 1.51. The molecule has 0 unspecified atom stereocenters. The molecule has 0 aliphatic rings. The summed E-state index contributed by atoms with van der Waals surface area (Å²) in [6, 6.07) is 4.86. The topological polar surface area (TPSA) is 53.1 Å². The fourth-order valence-electron chi connectivity index (χ4n) is 1.51. The summed E-state index contributed by atoms with van der Waals surface area (Å²) in [5, 5.41) is 4.34. The molecule has 0 fully saturated rings. The molecule has 1 heterocycles. The van der Waals surface area contributed by atoms with Gasteiger partial charge in [-0.05, 0) is 18.2 Å². The minimum absolute atomic E-state index is 0.0628. The average molecular weight is 245 g/mol. The van der Waals surface area contributed by atoms with Crippen LogP contribution in [0, 0.1) is 0 Å². The lowest BCUT2D eigenvalue weighted by Crippen LogP contribution is -2.19. The molecule has 2 aromatic rings. The van der Waals surface area contributed by atoms with Gasteiger partial charge in [0.05, 0.1) is 10.9 Å². The zero-order valence-corrected chi connectivity index (χ0v) is 8.95. The number of hydrogen-bond acceptors (Lipinski definition) is 3. The summed E-state index contributed by atoms with van der Waals surface area (Å²) in [6.45, 7) is -1.37. The Hall–Kier alpha value is -1.92. The Morgan fingerprint density at radius 1 is 1.41 bits per heavy atom. The molecule has 4 nitrogen and oxygen atoms in total. The van der Waals surface area contributed by atoms with E-state index in [0.717, 1.165) is 0 Å². The van der Waals surface area contributed by atoms with E-state index in [1.807, 2.05) is 0 Å². The van der Waals surface area contributed by atoms with Gasteiger partial charge in [0.25, 0.3) is 0 Å². The van der Waals surface area contributed by atoms with Gasteiger partial charge in [0.1, 0.15) is 0 Å². The Balaban J connectivity index is 2.37. The van der Waals surface area contributed by atoms with Crippen LogP contribution in [0.2, 0.25) is 0 Å². The van der Waals surface area contributed by atoms with Crippen LogP contribution in [0.1, 0.15) is 0 Å². The first-order valence-corrected chi connectivity index (χ1v) is 4.78. The fraction of sp³-hybridized carbons (Fsp3) is 0.300. The van der Waals surface area contributed by atoms with Gasteiger partial charge < -0.3 is 10.5 Å². The third-order valence-corrected chi connectivity index (χ3v) is 2.21. The monoisotopic (exact) mass is 245 g/mol. The minimum atomic E-state index is -4.38. The van der Waals surface area contributed by atoms with Gasteiger partial charge >= 0.3 is 6.18 Å². The van der Waals surface area contributed by atoms with Gasteiger partial charge in [0.2, 0.25) is 5.88 Å². The maximum Gasteiger partial charge on any atom is 0.422 e. The Kier molecular flexibility index (Phi) is 2.60. The molecule has 0 aliphatic carbocycles. The van der Waals surface area contributed by atoms with Crippen LogP contribution >= 0.6 is 0 Å². The number of nitrogens with two attached hydrogens (primary N) is 1. The Morgan fingerprint density at radius 3 is 2.76 bits per heavy atom. The van der Waals surface area contributed by atoms with Crippen molar-refractivity contribution < 1.29 is 17.9 Å². The summed E-state index contributed by atoms with van der Waals surface area (Å²) < 4.78 is 42.2.